The fourth-order valence-electron chi connectivity index (χ4n) is 13.7. The number of morpholine rings is 1. The Hall–Kier alpha value is -1.44. The van der Waals surface area contributed by atoms with Crippen molar-refractivity contribution in [2.24, 2.45) is 56.7 Å². The average Bonchev–Trinajstić information content (AvgIpc) is 3.39. The number of carboxylic acid groups (broad SMARTS) is 1. The van der Waals surface area contributed by atoms with Crippen LogP contribution in [0.1, 0.15) is 126 Å². The third-order valence-corrected chi connectivity index (χ3v) is 16.4. The molecule has 0 aromatic heterocycles. The summed E-state index contributed by atoms with van der Waals surface area (Å²) in [6.07, 6.45) is 11.7. The number of hydrogen-bond donors (Lipinski definition) is 2. The smallest absolute Gasteiger partial charge is 0.312 e. The highest BCUT2D eigenvalue weighted by Gasteiger charge is 2.71. The molecule has 1 heterocycles. The summed E-state index contributed by atoms with van der Waals surface area (Å²) < 4.78 is 11.9. The second kappa shape index (κ2) is 12.7. The third kappa shape index (κ3) is 5.72. The number of rotatable bonds is 9. The number of carboxylic acids is 1. The molecule has 0 radical (unpaired) electrons. The van der Waals surface area contributed by atoms with Crippen LogP contribution in [0, 0.1) is 56.7 Å². The van der Waals surface area contributed by atoms with Gasteiger partial charge in [0.25, 0.3) is 0 Å². The lowest BCUT2D eigenvalue weighted by molar-refractivity contribution is -0.247. The molecule has 0 aromatic rings. The van der Waals surface area contributed by atoms with E-state index in [4.69, 9.17) is 9.47 Å². The van der Waals surface area contributed by atoms with Crippen LogP contribution in [0.3, 0.4) is 0 Å². The van der Waals surface area contributed by atoms with Crippen LogP contribution in [0.5, 0.6) is 0 Å². The van der Waals surface area contributed by atoms with Crippen molar-refractivity contribution >= 4 is 11.9 Å². The number of carbonyl (C=O) groups is 2. The number of aliphatic carboxylic acids is 1. The zero-order valence-corrected chi connectivity index (χ0v) is 31.7. The monoisotopic (exact) mass is 669 g/mol. The maximum absolute atomic E-state index is 13.3. The van der Waals surface area contributed by atoms with E-state index in [0.717, 1.165) is 52.2 Å². The van der Waals surface area contributed by atoms with Gasteiger partial charge in [0.2, 0.25) is 0 Å². The second-order valence-corrected chi connectivity index (χ2v) is 19.4. The minimum absolute atomic E-state index is 0.163. The van der Waals surface area contributed by atoms with Gasteiger partial charge in [0, 0.05) is 37.1 Å². The van der Waals surface area contributed by atoms with Crippen LogP contribution in [0.25, 0.3) is 0 Å². The molecule has 7 nitrogen and oxygen atoms in total. The molecule has 6 rings (SSSR count). The summed E-state index contributed by atoms with van der Waals surface area (Å²) in [7, 11) is 0. The van der Waals surface area contributed by atoms with E-state index < -0.39 is 11.4 Å². The zero-order chi connectivity index (χ0) is 34.9. The van der Waals surface area contributed by atoms with Crippen molar-refractivity contribution in [1.82, 2.24) is 10.2 Å². The molecule has 6 aliphatic rings. The molecule has 48 heavy (non-hydrogen) atoms. The van der Waals surface area contributed by atoms with Crippen LogP contribution in [0.4, 0.5) is 0 Å². The van der Waals surface area contributed by atoms with Crippen molar-refractivity contribution in [3.8, 4) is 0 Å². The van der Waals surface area contributed by atoms with Crippen LogP contribution in [0.15, 0.2) is 12.2 Å². The number of nitrogens with zero attached hydrogens (tertiary/aromatic N) is 1. The number of nitrogens with one attached hydrogen (secondary N) is 1. The van der Waals surface area contributed by atoms with Gasteiger partial charge in [-0.05, 0) is 131 Å². The van der Waals surface area contributed by atoms with Crippen LogP contribution in [0.2, 0.25) is 0 Å². The highest BCUT2D eigenvalue weighted by atomic mass is 16.5. The molecule has 272 valence electrons. The minimum Gasteiger partial charge on any atom is -0.481 e. The molecule has 2 N–H and O–H groups in total. The van der Waals surface area contributed by atoms with E-state index in [1.807, 2.05) is 0 Å². The van der Waals surface area contributed by atoms with Gasteiger partial charge in [-0.3, -0.25) is 14.5 Å². The van der Waals surface area contributed by atoms with Crippen molar-refractivity contribution in [2.45, 2.75) is 138 Å². The van der Waals surface area contributed by atoms with Gasteiger partial charge in [-0.15, -0.1) is 0 Å². The molecular formula is C41H68N2O5. The fourth-order valence-corrected chi connectivity index (χ4v) is 13.7. The SMILES string of the molecule is C=C(C)C1CCC2(NCCN3CCOCC3)CCC3(C)C(CCC4C5(C)CCC(OC(=O)C(C)(C)CC(=O)O)C(C)(C)C5CCC43C)C12. The normalized spacial score (nSPS) is 44.1. The van der Waals surface area contributed by atoms with Gasteiger partial charge in [-0.2, -0.15) is 0 Å². The summed E-state index contributed by atoms with van der Waals surface area (Å²) in [5.41, 5.74) is 1.18. The quantitative estimate of drug-likeness (QED) is 0.192. The van der Waals surface area contributed by atoms with Gasteiger partial charge in [-0.25, -0.2) is 0 Å². The maximum Gasteiger partial charge on any atom is 0.312 e. The van der Waals surface area contributed by atoms with Crippen molar-refractivity contribution in [3.63, 3.8) is 0 Å². The summed E-state index contributed by atoms with van der Waals surface area (Å²) in [6, 6.07) is 0. The number of hydrogen-bond acceptors (Lipinski definition) is 6. The van der Waals surface area contributed by atoms with E-state index in [9.17, 15) is 14.7 Å². The van der Waals surface area contributed by atoms with Gasteiger partial charge in [0.1, 0.15) is 6.10 Å². The highest BCUT2D eigenvalue weighted by molar-refractivity contribution is 5.82. The molecule has 10 unspecified atom stereocenters. The molecular weight excluding hydrogens is 600 g/mol. The third-order valence-electron chi connectivity index (χ3n) is 16.4. The van der Waals surface area contributed by atoms with E-state index in [-0.39, 0.29) is 45.7 Å². The topological polar surface area (TPSA) is 88.1 Å². The highest BCUT2D eigenvalue weighted by Crippen LogP contribution is 2.76. The van der Waals surface area contributed by atoms with E-state index in [2.05, 4.69) is 58.3 Å². The predicted octanol–water partition coefficient (Wildman–Crippen LogP) is 7.73. The Morgan fingerprint density at radius 2 is 1.62 bits per heavy atom. The average molecular weight is 669 g/mol. The zero-order valence-electron chi connectivity index (χ0n) is 31.7. The lowest BCUT2D eigenvalue weighted by Crippen LogP contribution is -2.69. The molecule has 0 spiro atoms. The van der Waals surface area contributed by atoms with Crippen LogP contribution >= 0.6 is 0 Å². The summed E-state index contributed by atoms with van der Waals surface area (Å²) in [6.45, 7) is 29.0. The maximum atomic E-state index is 13.3. The molecule has 0 amide bonds. The largest absolute Gasteiger partial charge is 0.481 e. The number of ether oxygens (including phenoxy) is 2. The Morgan fingerprint density at radius 3 is 2.29 bits per heavy atom. The summed E-state index contributed by atoms with van der Waals surface area (Å²) >= 11 is 0. The molecule has 0 bridgehead atoms. The number of fused-ring (bicyclic) bond motifs is 7. The lowest BCUT2D eigenvalue weighted by atomic mass is 9.32. The van der Waals surface area contributed by atoms with Crippen LogP contribution in [-0.4, -0.2) is 73.0 Å². The first-order valence-corrected chi connectivity index (χ1v) is 19.5. The second-order valence-electron chi connectivity index (χ2n) is 19.4. The molecule has 10 atom stereocenters. The molecule has 0 aromatic carbocycles. The van der Waals surface area contributed by atoms with Crippen molar-refractivity contribution < 1.29 is 24.2 Å². The minimum atomic E-state index is -1.03. The first-order valence-electron chi connectivity index (χ1n) is 19.5. The van der Waals surface area contributed by atoms with Crippen LogP contribution in [-0.2, 0) is 19.1 Å². The van der Waals surface area contributed by atoms with Gasteiger partial charge in [-0.1, -0.05) is 46.8 Å². The Morgan fingerprint density at radius 1 is 0.917 bits per heavy atom. The van der Waals surface area contributed by atoms with Crippen molar-refractivity contribution in [2.75, 3.05) is 39.4 Å². The number of allylic oxidation sites excluding steroid dienone is 1. The van der Waals surface area contributed by atoms with Gasteiger partial charge in [0.15, 0.2) is 0 Å². The van der Waals surface area contributed by atoms with Gasteiger partial charge >= 0.3 is 11.9 Å². The van der Waals surface area contributed by atoms with Crippen molar-refractivity contribution in [1.29, 1.82) is 0 Å². The van der Waals surface area contributed by atoms with E-state index in [1.165, 1.54) is 56.9 Å². The van der Waals surface area contributed by atoms with Gasteiger partial charge in [0.05, 0.1) is 25.0 Å². The van der Waals surface area contributed by atoms with Gasteiger partial charge < -0.3 is 19.9 Å². The summed E-state index contributed by atoms with van der Waals surface area (Å²) in [5.74, 6) is 1.75. The lowest BCUT2D eigenvalue weighted by Gasteiger charge is -2.73. The summed E-state index contributed by atoms with van der Waals surface area (Å²) in [5, 5.41) is 13.7. The predicted molar refractivity (Wildman–Crippen MR) is 190 cm³/mol. The molecule has 5 saturated carbocycles. The molecule has 1 aliphatic heterocycles. The Bertz CT molecular complexity index is 1260. The molecule has 5 aliphatic carbocycles. The van der Waals surface area contributed by atoms with E-state index >= 15 is 0 Å². The molecule has 7 heteroatoms. The Kier molecular flexibility index (Phi) is 9.58. The van der Waals surface area contributed by atoms with Crippen LogP contribution < -0.4 is 5.32 Å². The number of carbonyl (C=O) groups excluding carboxylic acids is 1. The molecule has 6 fully saturated rings. The Balaban J connectivity index is 1.22. The first-order chi connectivity index (χ1) is 22.4. The van der Waals surface area contributed by atoms with Crippen molar-refractivity contribution in [3.05, 3.63) is 12.2 Å². The fraction of sp³-hybridized carbons (Fsp3) is 0.902. The number of esters is 1. The summed E-state index contributed by atoms with van der Waals surface area (Å²) in [4.78, 5) is 27.4. The van der Waals surface area contributed by atoms with E-state index in [0.29, 0.717) is 29.6 Å². The Labute approximate surface area is 291 Å². The molecule has 1 saturated heterocycles. The standard InChI is InChI=1S/C41H68N2O5/c1-27(2)28-12-17-41(42-20-21-43-22-24-47-25-23-43)19-18-39(8)29(34(28)41)10-11-31-38(7)15-14-32(48-35(46)36(3,4)26-33(44)45)37(5,6)30(38)13-16-40(31,39)9/h28-32,34,42H,1,10-26H2,2-9H3,(H,44,45). The van der Waals surface area contributed by atoms with E-state index in [1.54, 1.807) is 13.8 Å². The first kappa shape index (κ1) is 36.4.